The fourth-order valence-corrected chi connectivity index (χ4v) is 4.01. The molecular weight excluding hydrogens is 497 g/mol. The van der Waals surface area contributed by atoms with Gasteiger partial charge in [0.05, 0.1) is 30.3 Å². The van der Waals surface area contributed by atoms with E-state index in [0.717, 1.165) is 23.9 Å². The number of ether oxygens (including phenoxy) is 2. The highest BCUT2D eigenvalue weighted by atomic mass is 35.5. The average Bonchev–Trinajstić information content (AvgIpc) is 3.15. The van der Waals surface area contributed by atoms with Crippen molar-refractivity contribution in [2.45, 2.75) is 12.3 Å². The van der Waals surface area contributed by atoms with E-state index in [-0.39, 0.29) is 23.1 Å². The number of amides is 1. The molecule has 0 fully saturated rings. The third-order valence-electron chi connectivity index (χ3n) is 4.58. The van der Waals surface area contributed by atoms with E-state index in [9.17, 15) is 23.1 Å². The SMILES string of the molecule is COc1cc(/C=C2\SC(N(C)CC(O)CO)=NC2=O)ccc1Oc1ccc(Cl)cc1C(F)(F)F. The Hall–Kier alpha value is -2.73. The highest BCUT2D eigenvalue weighted by Crippen LogP contribution is 2.42. The number of carbonyl (C=O) groups excluding carboxylic acids is 1. The maximum atomic E-state index is 13.4. The Balaban J connectivity index is 1.82. The number of likely N-dealkylation sites (N-methyl/N-ethyl adjacent to an activating group) is 1. The van der Waals surface area contributed by atoms with Gasteiger partial charge in [-0.1, -0.05) is 17.7 Å². The molecule has 0 radical (unpaired) electrons. The van der Waals surface area contributed by atoms with Crippen LogP contribution in [0.1, 0.15) is 11.1 Å². The number of halogens is 4. The minimum Gasteiger partial charge on any atom is -0.493 e. The van der Waals surface area contributed by atoms with Crippen LogP contribution in [-0.4, -0.2) is 59.6 Å². The van der Waals surface area contributed by atoms with Crippen molar-refractivity contribution in [2.75, 3.05) is 27.3 Å². The van der Waals surface area contributed by atoms with Crippen molar-refractivity contribution < 1.29 is 37.7 Å². The van der Waals surface area contributed by atoms with Crippen LogP contribution in [0.15, 0.2) is 46.3 Å². The van der Waals surface area contributed by atoms with E-state index in [2.05, 4.69) is 4.99 Å². The summed E-state index contributed by atoms with van der Waals surface area (Å²) >= 11 is 6.79. The fraction of sp³-hybridized carbons (Fsp3) is 0.273. The van der Waals surface area contributed by atoms with Crippen molar-refractivity contribution in [1.29, 1.82) is 0 Å². The van der Waals surface area contributed by atoms with Crippen LogP contribution in [0.5, 0.6) is 17.2 Å². The van der Waals surface area contributed by atoms with Crippen LogP contribution >= 0.6 is 23.4 Å². The minimum atomic E-state index is -4.67. The quantitative estimate of drug-likeness (QED) is 0.526. The molecule has 3 rings (SSSR count). The van der Waals surface area contributed by atoms with Crippen molar-refractivity contribution in [1.82, 2.24) is 4.90 Å². The average molecular weight is 517 g/mol. The van der Waals surface area contributed by atoms with Gasteiger partial charge < -0.3 is 24.6 Å². The summed E-state index contributed by atoms with van der Waals surface area (Å²) in [4.78, 5) is 18.1. The number of aliphatic imine (C=N–C) groups is 1. The van der Waals surface area contributed by atoms with Gasteiger partial charge in [0.15, 0.2) is 16.7 Å². The van der Waals surface area contributed by atoms with Crippen LogP contribution in [0, 0.1) is 0 Å². The minimum absolute atomic E-state index is 0.0394. The Kier molecular flexibility index (Phi) is 8.13. The van der Waals surface area contributed by atoms with Gasteiger partial charge in [0, 0.05) is 18.6 Å². The van der Waals surface area contributed by atoms with Gasteiger partial charge in [0.25, 0.3) is 5.91 Å². The van der Waals surface area contributed by atoms with Gasteiger partial charge in [-0.15, -0.1) is 0 Å². The summed E-state index contributed by atoms with van der Waals surface area (Å²) in [5.41, 5.74) is -0.497. The third-order valence-corrected chi connectivity index (χ3v) is 5.92. The first-order chi connectivity index (χ1) is 16.0. The number of alkyl halides is 3. The fourth-order valence-electron chi connectivity index (χ4n) is 2.95. The number of aliphatic hydroxyl groups is 2. The number of methoxy groups -OCH3 is 1. The molecule has 1 atom stereocenters. The van der Waals surface area contributed by atoms with E-state index in [0.29, 0.717) is 15.6 Å². The molecule has 7 nitrogen and oxygen atoms in total. The van der Waals surface area contributed by atoms with Crippen LogP contribution < -0.4 is 9.47 Å². The van der Waals surface area contributed by atoms with Gasteiger partial charge in [-0.25, -0.2) is 0 Å². The number of carbonyl (C=O) groups is 1. The maximum absolute atomic E-state index is 13.4. The van der Waals surface area contributed by atoms with Crippen LogP contribution in [0.4, 0.5) is 13.2 Å². The van der Waals surface area contributed by atoms with E-state index < -0.39 is 36.1 Å². The van der Waals surface area contributed by atoms with Crippen LogP contribution in [0.2, 0.25) is 5.02 Å². The largest absolute Gasteiger partial charge is 0.493 e. The number of hydrogen-bond acceptors (Lipinski definition) is 7. The lowest BCUT2D eigenvalue weighted by Crippen LogP contribution is -2.33. The zero-order valence-electron chi connectivity index (χ0n) is 18.0. The second-order valence-corrected chi connectivity index (χ2v) is 8.62. The lowest BCUT2D eigenvalue weighted by Gasteiger charge is -2.20. The molecule has 0 bridgehead atoms. The Morgan fingerprint density at radius 2 is 1.91 bits per heavy atom. The van der Waals surface area contributed by atoms with Crippen molar-refractivity contribution in [2.24, 2.45) is 4.99 Å². The molecule has 2 aromatic rings. The number of aliphatic hydroxyl groups excluding tert-OH is 2. The van der Waals surface area contributed by atoms with Gasteiger partial charge in [-0.3, -0.25) is 4.79 Å². The van der Waals surface area contributed by atoms with Crippen molar-refractivity contribution >= 4 is 40.5 Å². The van der Waals surface area contributed by atoms with E-state index in [1.807, 2.05) is 0 Å². The lowest BCUT2D eigenvalue weighted by molar-refractivity contribution is -0.138. The monoisotopic (exact) mass is 516 g/mol. The molecule has 12 heteroatoms. The van der Waals surface area contributed by atoms with Gasteiger partial charge in [0.2, 0.25) is 0 Å². The van der Waals surface area contributed by atoms with Gasteiger partial charge in [-0.2, -0.15) is 18.2 Å². The van der Waals surface area contributed by atoms with E-state index in [1.165, 1.54) is 25.3 Å². The highest BCUT2D eigenvalue weighted by Gasteiger charge is 2.35. The second kappa shape index (κ2) is 10.7. The van der Waals surface area contributed by atoms with E-state index in [4.69, 9.17) is 26.2 Å². The first-order valence-electron chi connectivity index (χ1n) is 9.77. The third kappa shape index (κ3) is 6.23. The number of nitrogens with zero attached hydrogens (tertiary/aromatic N) is 2. The molecule has 0 aliphatic carbocycles. The molecule has 1 amide bonds. The van der Waals surface area contributed by atoms with Gasteiger partial charge >= 0.3 is 6.18 Å². The molecule has 1 aliphatic rings. The second-order valence-electron chi connectivity index (χ2n) is 7.18. The summed E-state index contributed by atoms with van der Waals surface area (Å²) in [7, 11) is 2.96. The summed E-state index contributed by atoms with van der Waals surface area (Å²) in [5.74, 6) is -0.732. The zero-order chi connectivity index (χ0) is 25.0. The molecule has 34 heavy (non-hydrogen) atoms. The molecule has 0 saturated carbocycles. The van der Waals surface area contributed by atoms with E-state index >= 15 is 0 Å². The molecule has 2 N–H and O–H groups in total. The molecule has 0 saturated heterocycles. The predicted molar refractivity (Wildman–Crippen MR) is 123 cm³/mol. The number of benzene rings is 2. The number of rotatable bonds is 7. The zero-order valence-corrected chi connectivity index (χ0v) is 19.5. The van der Waals surface area contributed by atoms with Gasteiger partial charge in [0.1, 0.15) is 5.75 Å². The highest BCUT2D eigenvalue weighted by molar-refractivity contribution is 8.18. The van der Waals surface area contributed by atoms with E-state index in [1.54, 1.807) is 24.1 Å². The normalized spacial score (nSPS) is 15.9. The smallest absolute Gasteiger partial charge is 0.420 e. The number of hydrogen-bond donors (Lipinski definition) is 2. The number of thioether (sulfide) groups is 1. The Morgan fingerprint density at radius 1 is 1.21 bits per heavy atom. The first-order valence-corrected chi connectivity index (χ1v) is 11.0. The van der Waals surface area contributed by atoms with Crippen LogP contribution in [0.3, 0.4) is 0 Å². The summed E-state index contributed by atoms with van der Waals surface area (Å²) in [5, 5.41) is 18.8. The summed E-state index contributed by atoms with van der Waals surface area (Å²) in [6.07, 6.45) is -4.10. The summed E-state index contributed by atoms with van der Waals surface area (Å²) < 4.78 is 50.9. The van der Waals surface area contributed by atoms with Crippen LogP contribution in [-0.2, 0) is 11.0 Å². The van der Waals surface area contributed by atoms with Crippen molar-refractivity contribution in [3.05, 3.63) is 57.5 Å². The summed E-state index contributed by atoms with van der Waals surface area (Å²) in [6, 6.07) is 7.68. The molecule has 1 heterocycles. The Bertz CT molecular complexity index is 1140. The van der Waals surface area contributed by atoms with Crippen molar-refractivity contribution in [3.63, 3.8) is 0 Å². The molecule has 0 aromatic heterocycles. The Morgan fingerprint density at radius 3 is 2.56 bits per heavy atom. The molecule has 1 unspecified atom stereocenters. The topological polar surface area (TPSA) is 91.6 Å². The lowest BCUT2D eigenvalue weighted by atomic mass is 10.1. The summed E-state index contributed by atoms with van der Waals surface area (Å²) in [6.45, 7) is -0.332. The first kappa shape index (κ1) is 25.9. The van der Waals surface area contributed by atoms with Gasteiger partial charge in [-0.05, 0) is 53.7 Å². The molecule has 182 valence electrons. The molecule has 2 aromatic carbocycles. The van der Waals surface area contributed by atoms with Crippen LogP contribution in [0.25, 0.3) is 6.08 Å². The standard InChI is InChI=1S/C22H20ClF3N2O5S/c1-28(10-14(30)11-29)21-27-20(31)19(34-21)8-12-3-5-17(18(7-12)32-2)33-16-6-4-13(23)9-15(16)22(24,25)26/h3-9,14,29-30H,10-11H2,1-2H3/b19-8-. The molecule has 0 spiro atoms. The molecule has 1 aliphatic heterocycles. The maximum Gasteiger partial charge on any atom is 0.420 e. The number of amidine groups is 1. The van der Waals surface area contributed by atoms with Crippen molar-refractivity contribution in [3.8, 4) is 17.2 Å². The molecular formula is C22H20ClF3N2O5S. The predicted octanol–water partition coefficient (Wildman–Crippen LogP) is 4.42. The Labute approximate surface area is 202 Å².